The molecule has 33 heavy (non-hydrogen) atoms. The lowest BCUT2D eigenvalue weighted by Crippen LogP contribution is -2.36. The van der Waals surface area contributed by atoms with Crippen molar-refractivity contribution in [2.24, 2.45) is 0 Å². The van der Waals surface area contributed by atoms with E-state index in [-0.39, 0.29) is 25.2 Å². The van der Waals surface area contributed by atoms with Crippen molar-refractivity contribution in [1.29, 1.82) is 0 Å². The lowest BCUT2D eigenvalue weighted by Gasteiger charge is -2.24. The molecule has 1 aromatic heterocycles. The van der Waals surface area contributed by atoms with Gasteiger partial charge in [-0.1, -0.05) is 30.3 Å². The van der Waals surface area contributed by atoms with Gasteiger partial charge in [-0.15, -0.1) is 5.10 Å². The average molecular weight is 478 g/mol. The van der Waals surface area contributed by atoms with Crippen LogP contribution in [-0.2, 0) is 16.2 Å². The van der Waals surface area contributed by atoms with Crippen LogP contribution in [0.2, 0.25) is 0 Å². The Morgan fingerprint density at radius 2 is 1.52 bits per heavy atom. The maximum atomic E-state index is 13.4. The standard InChI is InChI=1S/C22H21F3N4O3S/c23-22(24,25)18-9-4-5-10-19(18)33(31,32)28-14-6-13-27(15-16-28)20-11-12-21(30)29(26-20)17-7-2-1-3-8-17/h1-5,7-12H,6,13-16H2. The highest BCUT2D eigenvalue weighted by molar-refractivity contribution is 7.89. The zero-order chi connectivity index (χ0) is 23.6. The maximum absolute atomic E-state index is 13.4. The van der Waals surface area contributed by atoms with Gasteiger partial charge in [-0.3, -0.25) is 4.79 Å². The highest BCUT2D eigenvalue weighted by atomic mass is 32.2. The van der Waals surface area contributed by atoms with Crippen molar-refractivity contribution in [2.45, 2.75) is 17.5 Å². The molecule has 1 aliphatic heterocycles. The van der Waals surface area contributed by atoms with Gasteiger partial charge in [0.15, 0.2) is 0 Å². The van der Waals surface area contributed by atoms with E-state index in [2.05, 4.69) is 5.10 Å². The molecule has 0 radical (unpaired) electrons. The molecule has 2 aromatic carbocycles. The number of hydrogen-bond donors (Lipinski definition) is 0. The SMILES string of the molecule is O=c1ccc(N2CCCN(S(=O)(=O)c3ccccc3C(F)(F)F)CC2)nn1-c1ccccc1. The second-order valence-corrected chi connectivity index (χ2v) is 9.42. The topological polar surface area (TPSA) is 75.5 Å². The van der Waals surface area contributed by atoms with Crippen molar-refractivity contribution in [3.05, 3.63) is 82.6 Å². The molecule has 1 aliphatic rings. The normalized spacial score (nSPS) is 15.9. The Kier molecular flexibility index (Phi) is 6.26. The fourth-order valence-electron chi connectivity index (χ4n) is 3.75. The van der Waals surface area contributed by atoms with Gasteiger partial charge in [0.2, 0.25) is 10.0 Å². The predicted molar refractivity (Wildman–Crippen MR) is 117 cm³/mol. The fourth-order valence-corrected chi connectivity index (χ4v) is 5.43. The van der Waals surface area contributed by atoms with Crippen molar-refractivity contribution in [3.63, 3.8) is 0 Å². The smallest absolute Gasteiger partial charge is 0.354 e. The first-order chi connectivity index (χ1) is 15.7. The van der Waals surface area contributed by atoms with Crippen LogP contribution in [0.4, 0.5) is 19.0 Å². The molecule has 4 rings (SSSR count). The lowest BCUT2D eigenvalue weighted by molar-refractivity contribution is -0.139. The van der Waals surface area contributed by atoms with Crippen LogP contribution in [0.5, 0.6) is 0 Å². The monoisotopic (exact) mass is 478 g/mol. The molecule has 0 saturated carbocycles. The molecule has 1 fully saturated rings. The molecule has 174 valence electrons. The van der Waals surface area contributed by atoms with E-state index in [0.29, 0.717) is 24.5 Å². The van der Waals surface area contributed by atoms with Crippen LogP contribution in [0.25, 0.3) is 5.69 Å². The van der Waals surface area contributed by atoms with Gasteiger partial charge in [0.25, 0.3) is 5.56 Å². The van der Waals surface area contributed by atoms with E-state index in [1.54, 1.807) is 30.3 Å². The van der Waals surface area contributed by atoms with Gasteiger partial charge in [0.1, 0.15) is 5.82 Å². The minimum Gasteiger partial charge on any atom is -0.354 e. The van der Waals surface area contributed by atoms with Gasteiger partial charge in [0.05, 0.1) is 16.1 Å². The molecule has 11 heteroatoms. The molecule has 2 heterocycles. The third kappa shape index (κ3) is 4.79. The van der Waals surface area contributed by atoms with E-state index >= 15 is 0 Å². The highest BCUT2D eigenvalue weighted by Crippen LogP contribution is 2.35. The van der Waals surface area contributed by atoms with Crippen LogP contribution in [0, 0.1) is 0 Å². The van der Waals surface area contributed by atoms with Crippen LogP contribution < -0.4 is 10.5 Å². The van der Waals surface area contributed by atoms with Gasteiger partial charge in [-0.25, -0.2) is 8.42 Å². The van der Waals surface area contributed by atoms with Crippen LogP contribution >= 0.6 is 0 Å². The van der Waals surface area contributed by atoms with E-state index < -0.39 is 26.7 Å². The molecule has 0 aliphatic carbocycles. The number of benzene rings is 2. The molecule has 0 amide bonds. The summed E-state index contributed by atoms with van der Waals surface area (Å²) in [5.74, 6) is 0.480. The van der Waals surface area contributed by atoms with Crippen LogP contribution in [0.1, 0.15) is 12.0 Å². The van der Waals surface area contributed by atoms with E-state index in [1.807, 2.05) is 11.0 Å². The van der Waals surface area contributed by atoms with Crippen LogP contribution in [0.15, 0.2) is 76.4 Å². The van der Waals surface area contributed by atoms with Crippen molar-refractivity contribution in [2.75, 3.05) is 31.1 Å². The first kappa shape index (κ1) is 23.0. The average Bonchev–Trinajstić information content (AvgIpc) is 3.06. The quantitative estimate of drug-likeness (QED) is 0.576. The van der Waals surface area contributed by atoms with E-state index in [1.165, 1.54) is 22.9 Å². The van der Waals surface area contributed by atoms with E-state index in [9.17, 15) is 26.4 Å². The molecule has 0 N–H and O–H groups in total. The molecule has 1 saturated heterocycles. The summed E-state index contributed by atoms with van der Waals surface area (Å²) >= 11 is 0. The second kappa shape index (κ2) is 8.99. The summed E-state index contributed by atoms with van der Waals surface area (Å²) in [6, 6.07) is 16.0. The summed E-state index contributed by atoms with van der Waals surface area (Å²) in [5.41, 5.74) is -0.900. The molecule has 7 nitrogen and oxygen atoms in total. The molecule has 0 spiro atoms. The van der Waals surface area contributed by atoms with Crippen molar-refractivity contribution in [3.8, 4) is 5.69 Å². The Hall–Kier alpha value is -3.18. The zero-order valence-corrected chi connectivity index (χ0v) is 18.3. The Labute approximate surface area is 188 Å². The van der Waals surface area contributed by atoms with E-state index in [0.717, 1.165) is 16.4 Å². The Bertz CT molecular complexity index is 1290. The van der Waals surface area contributed by atoms with Crippen LogP contribution in [-0.4, -0.2) is 48.7 Å². The Balaban J connectivity index is 1.59. The lowest BCUT2D eigenvalue weighted by atomic mass is 10.2. The summed E-state index contributed by atoms with van der Waals surface area (Å²) in [6.45, 7) is 0.713. The summed E-state index contributed by atoms with van der Waals surface area (Å²) < 4.78 is 68.7. The Morgan fingerprint density at radius 1 is 0.818 bits per heavy atom. The second-order valence-electron chi connectivity index (χ2n) is 7.52. The summed E-state index contributed by atoms with van der Waals surface area (Å²) in [7, 11) is -4.35. The Morgan fingerprint density at radius 3 is 2.24 bits per heavy atom. The number of hydrogen-bond acceptors (Lipinski definition) is 5. The van der Waals surface area contributed by atoms with E-state index in [4.69, 9.17) is 0 Å². The van der Waals surface area contributed by atoms with Crippen molar-refractivity contribution < 1.29 is 21.6 Å². The number of rotatable bonds is 4. The number of anilines is 1. The molecular weight excluding hydrogens is 457 g/mol. The van der Waals surface area contributed by atoms with Crippen LogP contribution in [0.3, 0.4) is 0 Å². The summed E-state index contributed by atoms with van der Waals surface area (Å²) in [5, 5.41) is 4.41. The van der Waals surface area contributed by atoms with Gasteiger partial charge in [-0.2, -0.15) is 22.2 Å². The number of halogens is 3. The first-order valence-electron chi connectivity index (χ1n) is 10.2. The predicted octanol–water partition coefficient (Wildman–Crippen LogP) is 3.15. The minimum atomic E-state index is -4.78. The molecular formula is C22H21F3N4O3S. The third-order valence-corrected chi connectivity index (χ3v) is 7.33. The third-order valence-electron chi connectivity index (χ3n) is 5.38. The number of nitrogens with zero attached hydrogens (tertiary/aromatic N) is 4. The molecule has 0 bridgehead atoms. The largest absolute Gasteiger partial charge is 0.417 e. The molecule has 0 unspecified atom stereocenters. The maximum Gasteiger partial charge on any atom is 0.417 e. The highest BCUT2D eigenvalue weighted by Gasteiger charge is 2.39. The molecule has 0 atom stereocenters. The molecule has 3 aromatic rings. The number of aromatic nitrogens is 2. The van der Waals surface area contributed by atoms with Crippen molar-refractivity contribution >= 4 is 15.8 Å². The zero-order valence-electron chi connectivity index (χ0n) is 17.4. The van der Waals surface area contributed by atoms with Gasteiger partial charge >= 0.3 is 6.18 Å². The van der Waals surface area contributed by atoms with Gasteiger partial charge in [0, 0.05) is 32.2 Å². The number of sulfonamides is 1. The minimum absolute atomic E-state index is 0.0132. The number of para-hydroxylation sites is 1. The number of alkyl halides is 3. The summed E-state index contributed by atoms with van der Waals surface area (Å²) in [6.07, 6.45) is -4.39. The van der Waals surface area contributed by atoms with Gasteiger partial charge in [-0.05, 0) is 36.8 Å². The van der Waals surface area contributed by atoms with Crippen molar-refractivity contribution in [1.82, 2.24) is 14.1 Å². The fraction of sp³-hybridized carbons (Fsp3) is 0.273. The first-order valence-corrected chi connectivity index (χ1v) is 11.7. The summed E-state index contributed by atoms with van der Waals surface area (Å²) in [4.78, 5) is 13.4. The van der Waals surface area contributed by atoms with Gasteiger partial charge < -0.3 is 4.90 Å².